The van der Waals surface area contributed by atoms with E-state index in [1.165, 1.54) is 47.9 Å². The highest BCUT2D eigenvalue weighted by Gasteiger charge is 2.35. The molecule has 1 aliphatic heterocycles. The van der Waals surface area contributed by atoms with Crippen molar-refractivity contribution in [3.05, 3.63) is 34.4 Å². The number of benzene rings is 1. The Balaban J connectivity index is 1.95. The molecule has 1 aromatic rings. The predicted molar refractivity (Wildman–Crippen MR) is 84.0 cm³/mol. The van der Waals surface area contributed by atoms with E-state index in [1.807, 2.05) is 0 Å². The van der Waals surface area contributed by atoms with Crippen LogP contribution < -0.4 is 5.73 Å². The van der Waals surface area contributed by atoms with E-state index in [2.05, 4.69) is 42.8 Å². The van der Waals surface area contributed by atoms with Crippen molar-refractivity contribution in [3.63, 3.8) is 0 Å². The van der Waals surface area contributed by atoms with Gasteiger partial charge in [-0.2, -0.15) is 0 Å². The number of rotatable bonds is 2. The molecular weight excluding hydrogens is 246 g/mol. The summed E-state index contributed by atoms with van der Waals surface area (Å²) in [6.07, 6.45) is 5.17. The van der Waals surface area contributed by atoms with Crippen molar-refractivity contribution in [2.24, 2.45) is 10.7 Å². The lowest BCUT2D eigenvalue weighted by molar-refractivity contribution is 0.261. The molecule has 3 rings (SSSR count). The monoisotopic (exact) mass is 271 g/mol. The van der Waals surface area contributed by atoms with E-state index >= 15 is 0 Å². The summed E-state index contributed by atoms with van der Waals surface area (Å²) < 4.78 is 0. The third kappa shape index (κ3) is 2.19. The van der Waals surface area contributed by atoms with Crippen LogP contribution >= 0.6 is 0 Å². The summed E-state index contributed by atoms with van der Waals surface area (Å²) >= 11 is 0. The first-order valence-corrected chi connectivity index (χ1v) is 7.74. The molecule has 1 saturated carbocycles. The molecule has 1 aromatic carbocycles. The Morgan fingerprint density at radius 2 is 1.70 bits per heavy atom. The smallest absolute Gasteiger partial charge is 0.192 e. The van der Waals surface area contributed by atoms with Gasteiger partial charge >= 0.3 is 0 Å². The zero-order valence-corrected chi connectivity index (χ0v) is 12.8. The molecule has 1 atom stereocenters. The molecule has 108 valence electrons. The van der Waals surface area contributed by atoms with Gasteiger partial charge in [0.25, 0.3) is 0 Å². The fourth-order valence-corrected chi connectivity index (χ4v) is 3.72. The van der Waals surface area contributed by atoms with Gasteiger partial charge < -0.3 is 10.6 Å². The summed E-state index contributed by atoms with van der Waals surface area (Å²) in [5, 5.41) is 0. The maximum Gasteiger partial charge on any atom is 0.192 e. The summed E-state index contributed by atoms with van der Waals surface area (Å²) in [4.78, 5) is 6.93. The van der Waals surface area contributed by atoms with Gasteiger partial charge in [0.05, 0.1) is 12.6 Å². The largest absolute Gasteiger partial charge is 0.370 e. The second-order valence-corrected chi connectivity index (χ2v) is 6.35. The zero-order chi connectivity index (χ0) is 14.3. The van der Waals surface area contributed by atoms with Gasteiger partial charge in [-0.05, 0) is 55.9 Å². The number of guanidine groups is 1. The fourth-order valence-electron chi connectivity index (χ4n) is 3.72. The van der Waals surface area contributed by atoms with Gasteiger partial charge in [-0.15, -0.1) is 0 Å². The van der Waals surface area contributed by atoms with Crippen LogP contribution in [0.25, 0.3) is 0 Å². The van der Waals surface area contributed by atoms with Gasteiger partial charge in [0, 0.05) is 6.04 Å². The quantitative estimate of drug-likeness (QED) is 0.897. The van der Waals surface area contributed by atoms with Crippen LogP contribution in [-0.4, -0.2) is 23.4 Å². The number of hydrogen-bond donors (Lipinski definition) is 1. The van der Waals surface area contributed by atoms with E-state index in [0.717, 1.165) is 12.5 Å². The molecular formula is C17H25N3. The normalized spacial score (nSPS) is 23.4. The highest BCUT2D eigenvalue weighted by molar-refractivity contribution is 5.81. The van der Waals surface area contributed by atoms with Crippen molar-refractivity contribution in [1.82, 2.24) is 4.90 Å². The summed E-state index contributed by atoms with van der Waals surface area (Å²) in [7, 11) is 0. The van der Waals surface area contributed by atoms with E-state index in [9.17, 15) is 0 Å². The van der Waals surface area contributed by atoms with E-state index < -0.39 is 0 Å². The molecule has 2 N–H and O–H groups in total. The molecule has 3 heteroatoms. The van der Waals surface area contributed by atoms with Crippen LogP contribution in [-0.2, 0) is 0 Å². The third-order valence-corrected chi connectivity index (χ3v) is 4.99. The lowest BCUT2D eigenvalue weighted by Gasteiger charge is -2.33. The van der Waals surface area contributed by atoms with Gasteiger partial charge in [-0.1, -0.05) is 25.0 Å². The second-order valence-electron chi connectivity index (χ2n) is 6.35. The molecule has 0 bridgehead atoms. The Morgan fingerprint density at radius 3 is 2.40 bits per heavy atom. The standard InChI is InChI=1S/C17H25N3/c1-11-8-13(3)15(9-12(11)2)16-10-19-17(18)20(16)14-6-4-5-7-14/h8-9,14,16H,4-7,10H2,1-3H3,(H2,18,19). The van der Waals surface area contributed by atoms with Crippen molar-refractivity contribution in [1.29, 1.82) is 0 Å². The van der Waals surface area contributed by atoms with Crippen molar-refractivity contribution in [2.45, 2.75) is 58.5 Å². The molecule has 1 aliphatic carbocycles. The number of aryl methyl sites for hydroxylation is 3. The van der Waals surface area contributed by atoms with E-state index in [1.54, 1.807) is 0 Å². The fraction of sp³-hybridized carbons (Fsp3) is 0.588. The predicted octanol–water partition coefficient (Wildman–Crippen LogP) is 3.23. The highest BCUT2D eigenvalue weighted by Crippen LogP contribution is 2.35. The van der Waals surface area contributed by atoms with Crippen molar-refractivity contribution < 1.29 is 0 Å². The van der Waals surface area contributed by atoms with Crippen LogP contribution in [0.15, 0.2) is 17.1 Å². The summed E-state index contributed by atoms with van der Waals surface area (Å²) in [6.45, 7) is 7.40. The number of aliphatic imine (C=N–C) groups is 1. The number of hydrogen-bond acceptors (Lipinski definition) is 3. The van der Waals surface area contributed by atoms with Gasteiger partial charge in [-0.3, -0.25) is 4.99 Å². The summed E-state index contributed by atoms with van der Waals surface area (Å²) in [5.74, 6) is 0.750. The molecule has 1 unspecified atom stereocenters. The topological polar surface area (TPSA) is 41.6 Å². The van der Waals surface area contributed by atoms with Crippen LogP contribution in [0.4, 0.5) is 0 Å². The maximum absolute atomic E-state index is 6.18. The van der Waals surface area contributed by atoms with Crippen LogP contribution in [0.2, 0.25) is 0 Å². The minimum Gasteiger partial charge on any atom is -0.370 e. The Hall–Kier alpha value is -1.51. The minimum absolute atomic E-state index is 0.345. The van der Waals surface area contributed by atoms with Gasteiger partial charge in [0.1, 0.15) is 0 Å². The minimum atomic E-state index is 0.345. The van der Waals surface area contributed by atoms with E-state index in [4.69, 9.17) is 5.73 Å². The van der Waals surface area contributed by atoms with Crippen molar-refractivity contribution in [3.8, 4) is 0 Å². The summed E-state index contributed by atoms with van der Waals surface area (Å²) in [5.41, 5.74) is 11.7. The van der Waals surface area contributed by atoms with Crippen LogP contribution in [0.3, 0.4) is 0 Å². The summed E-state index contributed by atoms with van der Waals surface area (Å²) in [6, 6.07) is 5.57. The molecule has 0 aromatic heterocycles. The second kappa shape index (κ2) is 5.12. The Labute approximate surface area is 121 Å². The molecule has 1 fully saturated rings. The molecule has 2 aliphatic rings. The maximum atomic E-state index is 6.18. The highest BCUT2D eigenvalue weighted by atomic mass is 15.3. The zero-order valence-electron chi connectivity index (χ0n) is 12.8. The van der Waals surface area contributed by atoms with Gasteiger partial charge in [0.15, 0.2) is 5.96 Å². The molecule has 0 spiro atoms. The Bertz CT molecular complexity index is 541. The first-order valence-electron chi connectivity index (χ1n) is 7.74. The number of nitrogens with zero attached hydrogens (tertiary/aromatic N) is 2. The van der Waals surface area contributed by atoms with Crippen LogP contribution in [0, 0.1) is 20.8 Å². The van der Waals surface area contributed by atoms with E-state index in [0.29, 0.717) is 12.1 Å². The number of nitrogens with two attached hydrogens (primary N) is 1. The molecule has 0 amide bonds. The average Bonchev–Trinajstić information content (AvgIpc) is 3.03. The Morgan fingerprint density at radius 1 is 1.05 bits per heavy atom. The molecule has 0 saturated heterocycles. The van der Waals surface area contributed by atoms with E-state index in [-0.39, 0.29) is 0 Å². The molecule has 0 radical (unpaired) electrons. The van der Waals surface area contributed by atoms with Crippen LogP contribution in [0.1, 0.15) is 54.0 Å². The molecule has 1 heterocycles. The lowest BCUT2D eigenvalue weighted by Crippen LogP contribution is -2.42. The average molecular weight is 271 g/mol. The van der Waals surface area contributed by atoms with Gasteiger partial charge in [0.2, 0.25) is 0 Å². The van der Waals surface area contributed by atoms with Crippen molar-refractivity contribution >= 4 is 5.96 Å². The lowest BCUT2D eigenvalue weighted by atomic mass is 9.94. The first-order chi connectivity index (χ1) is 9.58. The SMILES string of the molecule is Cc1cc(C)c(C2CN=C(N)N2C2CCCC2)cc1C. The van der Waals surface area contributed by atoms with Crippen molar-refractivity contribution in [2.75, 3.05) is 6.54 Å². The van der Waals surface area contributed by atoms with Gasteiger partial charge in [-0.25, -0.2) is 0 Å². The first kappa shape index (κ1) is 13.5. The molecule has 20 heavy (non-hydrogen) atoms. The Kier molecular flexibility index (Phi) is 3.45. The molecule has 3 nitrogen and oxygen atoms in total. The third-order valence-electron chi connectivity index (χ3n) is 4.99. The van der Waals surface area contributed by atoms with Crippen LogP contribution in [0.5, 0.6) is 0 Å².